The summed E-state index contributed by atoms with van der Waals surface area (Å²) < 4.78 is 54.6. The van der Waals surface area contributed by atoms with Crippen LogP contribution in [0.2, 0.25) is 0 Å². The van der Waals surface area contributed by atoms with Crippen LogP contribution in [0.4, 0.5) is 29.1 Å². The molecule has 1 aliphatic carbocycles. The molecule has 2 aliphatic rings. The molecule has 6 nitrogen and oxygen atoms in total. The Morgan fingerprint density at radius 2 is 1.97 bits per heavy atom. The SMILES string of the molecule is Fc1ccc(NCC2CCC(c3nnn4cnc5c(c34)CCN5)CC2)c(C(F)(F)F)c1. The Morgan fingerprint density at radius 1 is 1.16 bits per heavy atom. The largest absolute Gasteiger partial charge is 0.418 e. The first-order valence-electron chi connectivity index (χ1n) is 10.5. The Kier molecular flexibility index (Phi) is 4.94. The molecule has 164 valence electrons. The van der Waals surface area contributed by atoms with E-state index < -0.39 is 17.6 Å². The maximum Gasteiger partial charge on any atom is 0.418 e. The van der Waals surface area contributed by atoms with Gasteiger partial charge >= 0.3 is 6.18 Å². The highest BCUT2D eigenvalue weighted by Crippen LogP contribution is 2.39. The molecular formula is C21H22F4N6. The molecule has 0 saturated heterocycles. The second-order valence-corrected chi connectivity index (χ2v) is 8.30. The van der Waals surface area contributed by atoms with E-state index in [0.717, 1.165) is 73.4 Å². The Labute approximate surface area is 176 Å². The van der Waals surface area contributed by atoms with E-state index in [1.807, 2.05) is 0 Å². The molecule has 5 rings (SSSR count). The van der Waals surface area contributed by atoms with Crippen LogP contribution in [0, 0.1) is 11.7 Å². The molecule has 1 fully saturated rings. The number of nitrogens with zero attached hydrogens (tertiary/aromatic N) is 4. The van der Waals surface area contributed by atoms with Crippen LogP contribution >= 0.6 is 0 Å². The quantitative estimate of drug-likeness (QED) is 0.586. The van der Waals surface area contributed by atoms with Crippen LogP contribution in [0.3, 0.4) is 0 Å². The van der Waals surface area contributed by atoms with Gasteiger partial charge in [-0.2, -0.15) is 13.2 Å². The van der Waals surface area contributed by atoms with Crippen molar-refractivity contribution >= 4 is 17.0 Å². The summed E-state index contributed by atoms with van der Waals surface area (Å²) in [6.45, 7) is 1.28. The van der Waals surface area contributed by atoms with Gasteiger partial charge < -0.3 is 10.6 Å². The van der Waals surface area contributed by atoms with Gasteiger partial charge in [-0.25, -0.2) is 13.9 Å². The fraction of sp³-hybridized carbons (Fsp3) is 0.476. The average Bonchev–Trinajstić information content (AvgIpc) is 3.39. The van der Waals surface area contributed by atoms with E-state index >= 15 is 0 Å². The molecule has 0 radical (unpaired) electrons. The van der Waals surface area contributed by atoms with Gasteiger partial charge in [0, 0.05) is 30.3 Å². The van der Waals surface area contributed by atoms with Crippen molar-refractivity contribution in [3.8, 4) is 0 Å². The summed E-state index contributed by atoms with van der Waals surface area (Å²) in [5.41, 5.74) is 2.15. The van der Waals surface area contributed by atoms with Crippen LogP contribution < -0.4 is 10.6 Å². The first-order chi connectivity index (χ1) is 14.9. The summed E-state index contributed by atoms with van der Waals surface area (Å²) >= 11 is 0. The first-order valence-corrected chi connectivity index (χ1v) is 10.5. The van der Waals surface area contributed by atoms with Crippen LogP contribution in [0.1, 0.15) is 48.4 Å². The molecule has 2 N–H and O–H groups in total. The number of anilines is 2. The molecule has 31 heavy (non-hydrogen) atoms. The van der Waals surface area contributed by atoms with Crippen LogP contribution in [-0.2, 0) is 12.6 Å². The van der Waals surface area contributed by atoms with E-state index in [-0.39, 0.29) is 17.5 Å². The van der Waals surface area contributed by atoms with Crippen molar-refractivity contribution in [1.29, 1.82) is 0 Å². The predicted molar refractivity (Wildman–Crippen MR) is 108 cm³/mol. The molecule has 0 atom stereocenters. The van der Waals surface area contributed by atoms with Gasteiger partial charge in [-0.1, -0.05) is 5.21 Å². The van der Waals surface area contributed by atoms with Gasteiger partial charge in [-0.05, 0) is 56.2 Å². The smallest absolute Gasteiger partial charge is 0.384 e. The van der Waals surface area contributed by atoms with Crippen molar-refractivity contribution in [1.82, 2.24) is 19.8 Å². The Bertz CT molecular complexity index is 1100. The monoisotopic (exact) mass is 434 g/mol. The summed E-state index contributed by atoms with van der Waals surface area (Å²) in [5, 5.41) is 14.8. The number of rotatable bonds is 4. The maximum absolute atomic E-state index is 13.3. The lowest BCUT2D eigenvalue weighted by Gasteiger charge is -2.28. The highest BCUT2D eigenvalue weighted by atomic mass is 19.4. The fourth-order valence-electron chi connectivity index (χ4n) is 4.75. The van der Waals surface area contributed by atoms with Gasteiger partial charge in [0.1, 0.15) is 18.0 Å². The lowest BCUT2D eigenvalue weighted by molar-refractivity contribution is -0.137. The third-order valence-electron chi connectivity index (χ3n) is 6.36. The molecule has 1 saturated carbocycles. The molecule has 1 aromatic carbocycles. The fourth-order valence-corrected chi connectivity index (χ4v) is 4.75. The number of fused-ring (bicyclic) bond motifs is 3. The lowest BCUT2D eigenvalue weighted by Crippen LogP contribution is -2.22. The van der Waals surface area contributed by atoms with Crippen molar-refractivity contribution in [3.05, 3.63) is 47.2 Å². The molecule has 0 unspecified atom stereocenters. The van der Waals surface area contributed by atoms with E-state index in [2.05, 4.69) is 25.9 Å². The van der Waals surface area contributed by atoms with Crippen molar-refractivity contribution in [3.63, 3.8) is 0 Å². The summed E-state index contributed by atoms with van der Waals surface area (Å²) in [6.07, 6.45) is 1.54. The molecular weight excluding hydrogens is 412 g/mol. The molecule has 2 aromatic heterocycles. The van der Waals surface area contributed by atoms with Crippen LogP contribution in [0.15, 0.2) is 24.5 Å². The zero-order valence-electron chi connectivity index (χ0n) is 16.7. The van der Waals surface area contributed by atoms with Gasteiger partial charge in [0.2, 0.25) is 0 Å². The highest BCUT2D eigenvalue weighted by Gasteiger charge is 2.34. The Balaban J connectivity index is 1.25. The highest BCUT2D eigenvalue weighted by molar-refractivity contribution is 5.69. The summed E-state index contributed by atoms with van der Waals surface area (Å²) in [7, 11) is 0. The van der Waals surface area contributed by atoms with Crippen molar-refractivity contribution in [2.75, 3.05) is 23.7 Å². The van der Waals surface area contributed by atoms with Gasteiger partial charge in [-0.15, -0.1) is 5.10 Å². The van der Waals surface area contributed by atoms with Crippen molar-refractivity contribution in [2.24, 2.45) is 5.92 Å². The topological polar surface area (TPSA) is 67.1 Å². The van der Waals surface area contributed by atoms with Gasteiger partial charge in [-0.3, -0.25) is 0 Å². The minimum atomic E-state index is -4.60. The van der Waals surface area contributed by atoms with E-state index in [0.29, 0.717) is 12.6 Å². The van der Waals surface area contributed by atoms with Gasteiger partial charge in [0.15, 0.2) is 0 Å². The molecule has 3 heterocycles. The number of alkyl halides is 3. The second-order valence-electron chi connectivity index (χ2n) is 8.30. The molecule has 1 aliphatic heterocycles. The number of nitrogens with one attached hydrogen (secondary N) is 2. The zero-order chi connectivity index (χ0) is 21.6. The number of benzene rings is 1. The molecule has 0 amide bonds. The third kappa shape index (κ3) is 3.79. The summed E-state index contributed by atoms with van der Waals surface area (Å²) in [6, 6.07) is 2.75. The molecule has 0 bridgehead atoms. The van der Waals surface area contributed by atoms with Crippen LogP contribution in [0.25, 0.3) is 5.52 Å². The molecule has 10 heteroatoms. The normalized spacial score (nSPS) is 21.2. The first kappa shape index (κ1) is 20.0. The number of halogens is 4. The third-order valence-corrected chi connectivity index (χ3v) is 6.36. The minimum absolute atomic E-state index is 0.0733. The number of hydrogen-bond donors (Lipinski definition) is 2. The lowest BCUT2D eigenvalue weighted by atomic mass is 9.80. The number of hydrogen-bond acceptors (Lipinski definition) is 5. The zero-order valence-corrected chi connectivity index (χ0v) is 16.7. The second kappa shape index (κ2) is 7.65. The Hall–Kier alpha value is -2.91. The summed E-state index contributed by atoms with van der Waals surface area (Å²) in [5.74, 6) is 0.528. The standard InChI is InChI=1S/C21H22F4N6/c22-14-5-6-17(16(9-14)21(23,24)25)27-10-12-1-3-13(4-2-12)18-19-15-7-8-26-20(15)28-11-31(19)30-29-18/h5-6,9,11-13,26-27H,1-4,7-8,10H2. The molecule has 3 aromatic rings. The van der Waals surface area contributed by atoms with Crippen LogP contribution in [0.5, 0.6) is 0 Å². The number of aromatic nitrogens is 4. The summed E-state index contributed by atoms with van der Waals surface area (Å²) in [4.78, 5) is 4.38. The van der Waals surface area contributed by atoms with E-state index in [1.54, 1.807) is 10.8 Å². The maximum atomic E-state index is 13.3. The predicted octanol–water partition coefficient (Wildman–Crippen LogP) is 4.64. The molecule has 0 spiro atoms. The van der Waals surface area contributed by atoms with Crippen LogP contribution in [-0.4, -0.2) is 32.9 Å². The average molecular weight is 434 g/mol. The van der Waals surface area contributed by atoms with E-state index in [9.17, 15) is 17.6 Å². The van der Waals surface area contributed by atoms with Gasteiger partial charge in [0.05, 0.1) is 16.8 Å². The van der Waals surface area contributed by atoms with Crippen molar-refractivity contribution < 1.29 is 17.6 Å². The Morgan fingerprint density at radius 3 is 2.74 bits per heavy atom. The van der Waals surface area contributed by atoms with Gasteiger partial charge in [0.25, 0.3) is 0 Å². The van der Waals surface area contributed by atoms with E-state index in [1.165, 1.54) is 0 Å². The minimum Gasteiger partial charge on any atom is -0.384 e. The van der Waals surface area contributed by atoms with Crippen molar-refractivity contribution in [2.45, 2.75) is 44.2 Å². The van der Waals surface area contributed by atoms with E-state index in [4.69, 9.17) is 0 Å².